The molecule has 7 nitrogen and oxygen atoms in total. The highest BCUT2D eigenvalue weighted by atomic mass is 16.5. The van der Waals surface area contributed by atoms with Crippen molar-refractivity contribution in [3.8, 4) is 5.88 Å². The Morgan fingerprint density at radius 1 is 1.23 bits per heavy atom. The van der Waals surface area contributed by atoms with E-state index in [4.69, 9.17) is 9.47 Å². The normalized spacial score (nSPS) is 15.6. The summed E-state index contributed by atoms with van der Waals surface area (Å²) in [6, 6.07) is 3.49. The van der Waals surface area contributed by atoms with Crippen LogP contribution in [0.2, 0.25) is 0 Å². The number of nitrogens with zero attached hydrogens (tertiary/aromatic N) is 2. The van der Waals surface area contributed by atoms with Gasteiger partial charge in [-0.15, -0.1) is 0 Å². The Hall–Kier alpha value is -2.15. The average Bonchev–Trinajstić information content (AvgIpc) is 2.62. The van der Waals surface area contributed by atoms with Crippen molar-refractivity contribution in [2.24, 2.45) is 11.3 Å². The van der Waals surface area contributed by atoms with Crippen LogP contribution in [-0.4, -0.2) is 55.1 Å². The first-order valence-electron chi connectivity index (χ1n) is 8.99. The molecule has 0 spiro atoms. The third kappa shape index (κ3) is 5.69. The van der Waals surface area contributed by atoms with Crippen molar-refractivity contribution in [3.63, 3.8) is 0 Å². The van der Waals surface area contributed by atoms with Crippen molar-refractivity contribution in [3.05, 3.63) is 18.3 Å². The molecule has 0 radical (unpaired) electrons. The van der Waals surface area contributed by atoms with Crippen molar-refractivity contribution in [2.45, 2.75) is 33.6 Å². The number of aromatic nitrogens is 1. The summed E-state index contributed by atoms with van der Waals surface area (Å²) in [6.45, 7) is 7.94. The van der Waals surface area contributed by atoms with E-state index in [-0.39, 0.29) is 23.1 Å². The van der Waals surface area contributed by atoms with Crippen LogP contribution in [-0.2, 0) is 14.3 Å². The van der Waals surface area contributed by atoms with E-state index < -0.39 is 0 Å². The van der Waals surface area contributed by atoms with Crippen LogP contribution < -0.4 is 10.1 Å². The Morgan fingerprint density at radius 3 is 2.46 bits per heavy atom. The summed E-state index contributed by atoms with van der Waals surface area (Å²) in [5, 5.41) is 2.90. The molecule has 1 aromatic rings. The fourth-order valence-corrected chi connectivity index (χ4v) is 2.83. The molecule has 1 saturated heterocycles. The monoisotopic (exact) mass is 363 g/mol. The second kappa shape index (κ2) is 8.98. The van der Waals surface area contributed by atoms with Gasteiger partial charge in [-0.25, -0.2) is 4.98 Å². The van der Waals surface area contributed by atoms with Crippen LogP contribution in [0, 0.1) is 11.3 Å². The van der Waals surface area contributed by atoms with Gasteiger partial charge in [0.15, 0.2) is 0 Å². The maximum Gasteiger partial charge on any atom is 0.227 e. The van der Waals surface area contributed by atoms with Crippen LogP contribution >= 0.6 is 0 Å². The van der Waals surface area contributed by atoms with E-state index >= 15 is 0 Å². The van der Waals surface area contributed by atoms with Gasteiger partial charge >= 0.3 is 0 Å². The highest BCUT2D eigenvalue weighted by molar-refractivity contribution is 5.92. The zero-order valence-corrected chi connectivity index (χ0v) is 16.1. The smallest absolute Gasteiger partial charge is 0.227 e. The molecule has 0 bridgehead atoms. The van der Waals surface area contributed by atoms with Crippen molar-refractivity contribution in [1.29, 1.82) is 0 Å². The van der Waals surface area contributed by atoms with Gasteiger partial charge in [-0.1, -0.05) is 20.8 Å². The van der Waals surface area contributed by atoms with Gasteiger partial charge in [0, 0.05) is 37.6 Å². The lowest BCUT2D eigenvalue weighted by atomic mass is 9.90. The molecule has 2 amide bonds. The number of hydrogen-bond donors (Lipinski definition) is 1. The quantitative estimate of drug-likeness (QED) is 0.785. The number of amides is 2. The third-order valence-electron chi connectivity index (χ3n) is 4.34. The Kier molecular flexibility index (Phi) is 6.97. The molecule has 26 heavy (non-hydrogen) atoms. The first kappa shape index (κ1) is 20.2. The first-order valence-corrected chi connectivity index (χ1v) is 8.99. The molecule has 0 saturated carbocycles. The number of carbonyl (C=O) groups is 2. The first-order chi connectivity index (χ1) is 12.3. The molecule has 1 fully saturated rings. The number of piperidine rings is 1. The number of anilines is 1. The van der Waals surface area contributed by atoms with E-state index in [1.807, 2.05) is 25.7 Å². The standard InChI is InChI=1S/C19H29N3O4/c1-19(2,3)18(24)22-9-7-14(8-10-22)17(23)21-15-5-6-16(20-13-15)26-12-11-25-4/h5-6,13-14H,7-12H2,1-4H3,(H,21,23). The highest BCUT2D eigenvalue weighted by Crippen LogP contribution is 2.24. The predicted molar refractivity (Wildman–Crippen MR) is 99.0 cm³/mol. The number of carbonyl (C=O) groups excluding carboxylic acids is 2. The summed E-state index contributed by atoms with van der Waals surface area (Å²) in [4.78, 5) is 30.8. The molecule has 1 aliphatic heterocycles. The third-order valence-corrected chi connectivity index (χ3v) is 4.34. The zero-order chi connectivity index (χ0) is 19.2. The second-order valence-corrected chi connectivity index (χ2v) is 7.53. The molecule has 1 aromatic heterocycles. The molecule has 1 aliphatic rings. The van der Waals surface area contributed by atoms with Gasteiger partial charge < -0.3 is 19.7 Å². The van der Waals surface area contributed by atoms with Crippen molar-refractivity contribution < 1.29 is 19.1 Å². The van der Waals surface area contributed by atoms with Crippen LogP contribution in [0.5, 0.6) is 5.88 Å². The number of ether oxygens (including phenoxy) is 2. The van der Waals surface area contributed by atoms with Crippen LogP contribution in [0.25, 0.3) is 0 Å². The van der Waals surface area contributed by atoms with E-state index in [0.717, 1.165) is 0 Å². The molecule has 0 aliphatic carbocycles. The Bertz CT molecular complexity index is 602. The molecular weight excluding hydrogens is 334 g/mol. The molecular formula is C19H29N3O4. The number of nitrogens with one attached hydrogen (secondary N) is 1. The topological polar surface area (TPSA) is 80.8 Å². The number of rotatable bonds is 6. The summed E-state index contributed by atoms with van der Waals surface area (Å²) >= 11 is 0. The van der Waals surface area contributed by atoms with E-state index in [0.29, 0.717) is 50.7 Å². The van der Waals surface area contributed by atoms with Crippen molar-refractivity contribution in [1.82, 2.24) is 9.88 Å². The minimum atomic E-state index is -0.381. The van der Waals surface area contributed by atoms with Gasteiger partial charge in [0.25, 0.3) is 0 Å². The maximum absolute atomic E-state index is 12.4. The van der Waals surface area contributed by atoms with E-state index in [1.165, 1.54) is 0 Å². The van der Waals surface area contributed by atoms with E-state index in [2.05, 4.69) is 10.3 Å². The van der Waals surface area contributed by atoms with Gasteiger partial charge in [0.05, 0.1) is 18.5 Å². The maximum atomic E-state index is 12.4. The van der Waals surface area contributed by atoms with Crippen molar-refractivity contribution >= 4 is 17.5 Å². The van der Waals surface area contributed by atoms with Gasteiger partial charge in [-0.05, 0) is 18.9 Å². The average molecular weight is 363 g/mol. The number of hydrogen-bond acceptors (Lipinski definition) is 5. The van der Waals surface area contributed by atoms with Crippen molar-refractivity contribution in [2.75, 3.05) is 38.7 Å². The summed E-state index contributed by atoms with van der Waals surface area (Å²) < 4.78 is 10.3. The summed E-state index contributed by atoms with van der Waals surface area (Å²) in [7, 11) is 1.61. The second-order valence-electron chi connectivity index (χ2n) is 7.53. The molecule has 1 N–H and O–H groups in total. The fourth-order valence-electron chi connectivity index (χ4n) is 2.83. The molecule has 2 rings (SSSR count). The summed E-state index contributed by atoms with van der Waals surface area (Å²) in [6.07, 6.45) is 2.94. The number of likely N-dealkylation sites (tertiary alicyclic amines) is 1. The van der Waals surface area contributed by atoms with Gasteiger partial charge in [-0.3, -0.25) is 9.59 Å². The van der Waals surface area contributed by atoms with Crippen LogP contribution in [0.4, 0.5) is 5.69 Å². The Labute approximate surface area is 155 Å². The summed E-state index contributed by atoms with van der Waals surface area (Å²) in [5.41, 5.74) is 0.260. The van der Waals surface area contributed by atoms with Gasteiger partial charge in [-0.2, -0.15) is 0 Å². The zero-order valence-electron chi connectivity index (χ0n) is 16.1. The molecule has 2 heterocycles. The Balaban J connectivity index is 1.81. The molecule has 0 unspecified atom stereocenters. The molecule has 144 valence electrons. The van der Waals surface area contributed by atoms with Crippen LogP contribution in [0.3, 0.4) is 0 Å². The minimum absolute atomic E-state index is 0.0253. The summed E-state index contributed by atoms with van der Waals surface area (Å²) in [5.74, 6) is 0.526. The number of methoxy groups -OCH3 is 1. The SMILES string of the molecule is COCCOc1ccc(NC(=O)C2CCN(C(=O)C(C)(C)C)CC2)cn1. The molecule has 0 aromatic carbocycles. The lowest BCUT2D eigenvalue weighted by Gasteiger charge is -2.35. The lowest BCUT2D eigenvalue weighted by Crippen LogP contribution is -2.45. The largest absolute Gasteiger partial charge is 0.475 e. The van der Waals surface area contributed by atoms with Crippen LogP contribution in [0.15, 0.2) is 18.3 Å². The fraction of sp³-hybridized carbons (Fsp3) is 0.632. The molecule has 7 heteroatoms. The van der Waals surface area contributed by atoms with Gasteiger partial charge in [0.1, 0.15) is 6.61 Å². The minimum Gasteiger partial charge on any atom is -0.475 e. The lowest BCUT2D eigenvalue weighted by molar-refractivity contribution is -0.142. The predicted octanol–water partition coefficient (Wildman–Crippen LogP) is 2.33. The highest BCUT2D eigenvalue weighted by Gasteiger charge is 2.32. The molecule has 0 atom stereocenters. The van der Waals surface area contributed by atoms with Crippen LogP contribution in [0.1, 0.15) is 33.6 Å². The Morgan fingerprint density at radius 2 is 1.92 bits per heavy atom. The van der Waals surface area contributed by atoms with E-state index in [1.54, 1.807) is 25.4 Å². The van der Waals surface area contributed by atoms with Gasteiger partial charge in [0.2, 0.25) is 17.7 Å². The van der Waals surface area contributed by atoms with E-state index in [9.17, 15) is 9.59 Å². The number of pyridine rings is 1.